The van der Waals surface area contributed by atoms with Crippen molar-refractivity contribution in [3.05, 3.63) is 23.7 Å². The molecule has 0 saturated heterocycles. The van der Waals surface area contributed by atoms with E-state index in [9.17, 15) is 4.79 Å². The van der Waals surface area contributed by atoms with Gasteiger partial charge >= 0.3 is 0 Å². The molecule has 1 aromatic rings. The summed E-state index contributed by atoms with van der Waals surface area (Å²) in [7, 11) is 1.49. The summed E-state index contributed by atoms with van der Waals surface area (Å²) < 4.78 is 9.53. The fourth-order valence-electron chi connectivity index (χ4n) is 0.855. The molecule has 0 N–H and O–H groups in total. The quantitative estimate of drug-likeness (QED) is 0.618. The maximum absolute atomic E-state index is 11.1. The Hall–Kier alpha value is -1.09. The smallest absolute Gasteiger partial charge is 0.191 e. The summed E-state index contributed by atoms with van der Waals surface area (Å²) in [5, 5.41) is 0. The van der Waals surface area contributed by atoms with Crippen LogP contribution in [0.2, 0.25) is 0 Å². The minimum absolute atomic E-state index is 0.0428. The van der Waals surface area contributed by atoms with Crippen molar-refractivity contribution in [3.63, 3.8) is 0 Å². The molecule has 3 nitrogen and oxygen atoms in total. The fourth-order valence-corrected chi connectivity index (χ4v) is 0.855. The van der Waals surface area contributed by atoms with Gasteiger partial charge in [-0.2, -0.15) is 0 Å². The van der Waals surface area contributed by atoms with Gasteiger partial charge in [0.25, 0.3) is 0 Å². The van der Waals surface area contributed by atoms with E-state index < -0.39 is 0 Å². The second-order valence-corrected chi connectivity index (χ2v) is 2.32. The van der Waals surface area contributed by atoms with E-state index in [4.69, 9.17) is 9.15 Å². The largest absolute Gasteiger partial charge is 0.472 e. The molecule has 0 bridgehead atoms. The Bertz CT molecular complexity index is 250. The molecule has 0 unspecified atom stereocenters. The van der Waals surface area contributed by atoms with Crippen molar-refractivity contribution in [1.82, 2.24) is 0 Å². The van der Waals surface area contributed by atoms with Crippen molar-refractivity contribution in [3.8, 4) is 0 Å². The molecule has 60 valence electrons. The number of ether oxygens (including phenoxy) is 1. The van der Waals surface area contributed by atoms with Gasteiger partial charge in [-0.05, 0) is 12.5 Å². The first-order valence-corrected chi connectivity index (χ1v) is 3.30. The lowest BCUT2D eigenvalue weighted by molar-refractivity contribution is 0.0847. The number of aryl methyl sites for hydroxylation is 1. The zero-order chi connectivity index (χ0) is 8.27. The van der Waals surface area contributed by atoms with Crippen molar-refractivity contribution in [1.29, 1.82) is 0 Å². The van der Waals surface area contributed by atoms with Gasteiger partial charge in [-0.15, -0.1) is 0 Å². The first-order chi connectivity index (χ1) is 5.25. The number of furan rings is 1. The average molecular weight is 154 g/mol. The van der Waals surface area contributed by atoms with Crippen LogP contribution in [0.5, 0.6) is 0 Å². The van der Waals surface area contributed by atoms with E-state index in [1.54, 1.807) is 6.26 Å². The average Bonchev–Trinajstić information content (AvgIpc) is 2.36. The molecule has 0 fully saturated rings. The van der Waals surface area contributed by atoms with E-state index in [1.807, 2.05) is 6.92 Å². The molecule has 0 radical (unpaired) electrons. The van der Waals surface area contributed by atoms with Gasteiger partial charge in [-0.3, -0.25) is 4.79 Å². The molecule has 0 spiro atoms. The summed E-state index contributed by atoms with van der Waals surface area (Å²) in [6.07, 6.45) is 2.99. The number of carbonyl (C=O) groups is 1. The summed E-state index contributed by atoms with van der Waals surface area (Å²) in [6.45, 7) is 1.94. The number of hydrogen-bond acceptors (Lipinski definition) is 3. The maximum Gasteiger partial charge on any atom is 0.191 e. The number of Topliss-reactive ketones (excluding diaryl/α,β-unsaturated/α-hetero) is 1. The SMILES string of the molecule is COCC(=O)c1cocc1C. The van der Waals surface area contributed by atoms with Crippen molar-refractivity contribution in [2.45, 2.75) is 6.92 Å². The number of rotatable bonds is 3. The number of hydrogen-bond donors (Lipinski definition) is 0. The topological polar surface area (TPSA) is 39.4 Å². The van der Waals surface area contributed by atoms with Gasteiger partial charge in [0.1, 0.15) is 12.9 Å². The lowest BCUT2D eigenvalue weighted by Crippen LogP contribution is -2.06. The van der Waals surface area contributed by atoms with Crippen LogP contribution in [0, 0.1) is 6.92 Å². The molecule has 3 heteroatoms. The van der Waals surface area contributed by atoms with Crippen LogP contribution in [0.25, 0.3) is 0 Å². The van der Waals surface area contributed by atoms with Gasteiger partial charge in [0, 0.05) is 7.11 Å². The molecule has 1 heterocycles. The summed E-state index contributed by atoms with van der Waals surface area (Å²) in [4.78, 5) is 11.1. The van der Waals surface area contributed by atoms with Crippen LogP contribution in [0.1, 0.15) is 15.9 Å². The number of methoxy groups -OCH3 is 1. The normalized spacial score (nSPS) is 10.0. The van der Waals surface area contributed by atoms with Gasteiger partial charge in [-0.1, -0.05) is 0 Å². The third-order valence-corrected chi connectivity index (χ3v) is 1.43. The monoisotopic (exact) mass is 154 g/mol. The highest BCUT2D eigenvalue weighted by Crippen LogP contribution is 2.08. The molecule has 11 heavy (non-hydrogen) atoms. The Labute approximate surface area is 65.0 Å². The van der Waals surface area contributed by atoms with E-state index in [0.29, 0.717) is 5.56 Å². The standard InChI is InChI=1S/C8H10O3/c1-6-3-11-4-7(6)8(9)5-10-2/h3-4H,5H2,1-2H3. The predicted molar refractivity (Wildman–Crippen MR) is 39.7 cm³/mol. The van der Waals surface area contributed by atoms with E-state index in [1.165, 1.54) is 13.4 Å². The molecule has 0 atom stereocenters. The molecule has 1 rings (SSSR count). The van der Waals surface area contributed by atoms with Crippen LogP contribution >= 0.6 is 0 Å². The summed E-state index contributed by atoms with van der Waals surface area (Å²) >= 11 is 0. The maximum atomic E-state index is 11.1. The van der Waals surface area contributed by atoms with Crippen molar-refractivity contribution >= 4 is 5.78 Å². The van der Waals surface area contributed by atoms with Crippen molar-refractivity contribution < 1.29 is 13.9 Å². The Balaban J connectivity index is 2.76. The summed E-state index contributed by atoms with van der Waals surface area (Å²) in [5.41, 5.74) is 1.46. The number of carbonyl (C=O) groups excluding carboxylic acids is 1. The molecular weight excluding hydrogens is 144 g/mol. The highest BCUT2D eigenvalue weighted by molar-refractivity contribution is 5.97. The van der Waals surface area contributed by atoms with E-state index in [0.717, 1.165) is 5.56 Å². The number of ketones is 1. The van der Waals surface area contributed by atoms with Crippen LogP contribution in [-0.2, 0) is 4.74 Å². The highest BCUT2D eigenvalue weighted by Gasteiger charge is 2.09. The first kappa shape index (κ1) is 8.01. The summed E-state index contributed by atoms with van der Waals surface area (Å²) in [5.74, 6) is -0.0428. The van der Waals surface area contributed by atoms with Crippen LogP contribution in [0.3, 0.4) is 0 Å². The molecular formula is C8H10O3. The summed E-state index contributed by atoms with van der Waals surface area (Å²) in [6, 6.07) is 0. The van der Waals surface area contributed by atoms with Gasteiger partial charge in [0.2, 0.25) is 0 Å². The zero-order valence-corrected chi connectivity index (χ0v) is 6.59. The van der Waals surface area contributed by atoms with Crippen LogP contribution in [-0.4, -0.2) is 19.5 Å². The molecule has 0 saturated carbocycles. The Morgan fingerprint density at radius 2 is 2.36 bits per heavy atom. The van der Waals surface area contributed by atoms with Crippen LogP contribution in [0.4, 0.5) is 0 Å². The molecule has 0 aliphatic carbocycles. The Morgan fingerprint density at radius 1 is 1.64 bits per heavy atom. The van der Waals surface area contributed by atoms with Crippen LogP contribution < -0.4 is 0 Å². The van der Waals surface area contributed by atoms with Gasteiger partial charge in [0.05, 0.1) is 11.8 Å². The van der Waals surface area contributed by atoms with E-state index >= 15 is 0 Å². The Kier molecular flexibility index (Phi) is 2.44. The molecule has 0 amide bonds. The lowest BCUT2D eigenvalue weighted by Gasteiger charge is -1.95. The molecule has 1 aromatic heterocycles. The Morgan fingerprint density at radius 3 is 2.82 bits per heavy atom. The second kappa shape index (κ2) is 3.34. The zero-order valence-electron chi connectivity index (χ0n) is 6.59. The molecule has 0 aliphatic heterocycles. The van der Waals surface area contributed by atoms with Gasteiger partial charge in [-0.25, -0.2) is 0 Å². The van der Waals surface area contributed by atoms with Crippen molar-refractivity contribution in [2.75, 3.05) is 13.7 Å². The molecule has 0 aromatic carbocycles. The van der Waals surface area contributed by atoms with Gasteiger partial charge in [0.15, 0.2) is 5.78 Å². The first-order valence-electron chi connectivity index (χ1n) is 3.30. The third kappa shape index (κ3) is 1.68. The predicted octanol–water partition coefficient (Wildman–Crippen LogP) is 1.42. The van der Waals surface area contributed by atoms with Crippen molar-refractivity contribution in [2.24, 2.45) is 0 Å². The minimum atomic E-state index is -0.0428. The highest BCUT2D eigenvalue weighted by atomic mass is 16.5. The second-order valence-electron chi connectivity index (χ2n) is 2.32. The van der Waals surface area contributed by atoms with Crippen LogP contribution in [0.15, 0.2) is 16.9 Å². The third-order valence-electron chi connectivity index (χ3n) is 1.43. The lowest BCUT2D eigenvalue weighted by atomic mass is 10.1. The fraction of sp³-hybridized carbons (Fsp3) is 0.375. The van der Waals surface area contributed by atoms with E-state index in [-0.39, 0.29) is 12.4 Å². The van der Waals surface area contributed by atoms with Gasteiger partial charge < -0.3 is 9.15 Å². The van der Waals surface area contributed by atoms with E-state index in [2.05, 4.69) is 0 Å². The molecule has 0 aliphatic rings. The minimum Gasteiger partial charge on any atom is -0.472 e.